The van der Waals surface area contributed by atoms with E-state index < -0.39 is 0 Å². The standard InChI is InChI=1S/C8H7NO/c1-6(10)7-3-4-8(5-7)9-2/h4-5H,3H2,1H3. The van der Waals surface area contributed by atoms with Crippen LogP contribution in [0.5, 0.6) is 0 Å². The lowest BCUT2D eigenvalue weighted by molar-refractivity contribution is -0.113. The van der Waals surface area contributed by atoms with Crippen LogP contribution >= 0.6 is 0 Å². The number of hydrogen-bond acceptors (Lipinski definition) is 1. The van der Waals surface area contributed by atoms with Crippen LogP contribution in [-0.2, 0) is 4.79 Å². The average Bonchev–Trinajstić information content (AvgIpc) is 2.34. The molecule has 2 nitrogen and oxygen atoms in total. The molecule has 0 saturated heterocycles. The highest BCUT2D eigenvalue weighted by molar-refractivity contribution is 5.94. The molecule has 10 heavy (non-hydrogen) atoms. The summed E-state index contributed by atoms with van der Waals surface area (Å²) in [6.07, 6.45) is 4.05. The molecule has 0 spiro atoms. The Labute approximate surface area is 59.7 Å². The second kappa shape index (κ2) is 2.49. The molecule has 50 valence electrons. The Morgan fingerprint density at radius 1 is 1.80 bits per heavy atom. The third kappa shape index (κ3) is 1.14. The molecule has 0 fully saturated rings. The van der Waals surface area contributed by atoms with E-state index in [-0.39, 0.29) is 5.78 Å². The summed E-state index contributed by atoms with van der Waals surface area (Å²) in [6.45, 7) is 8.15. The maximum atomic E-state index is 10.7. The van der Waals surface area contributed by atoms with E-state index in [0.717, 1.165) is 5.57 Å². The number of carbonyl (C=O) groups excluding carboxylic acids is 1. The van der Waals surface area contributed by atoms with E-state index in [2.05, 4.69) is 4.85 Å². The number of hydrogen-bond donors (Lipinski definition) is 0. The zero-order valence-corrected chi connectivity index (χ0v) is 5.72. The molecule has 0 aromatic heterocycles. The highest BCUT2D eigenvalue weighted by Crippen LogP contribution is 2.18. The van der Waals surface area contributed by atoms with Crippen LogP contribution in [0.2, 0.25) is 0 Å². The first kappa shape index (κ1) is 6.76. The number of carbonyl (C=O) groups is 1. The lowest BCUT2D eigenvalue weighted by Gasteiger charge is -1.89. The van der Waals surface area contributed by atoms with E-state index in [1.807, 2.05) is 0 Å². The predicted molar refractivity (Wildman–Crippen MR) is 38.1 cm³/mol. The lowest BCUT2D eigenvalue weighted by Crippen LogP contribution is -1.91. The Hall–Kier alpha value is -1.36. The Kier molecular flexibility index (Phi) is 1.68. The van der Waals surface area contributed by atoms with E-state index in [1.165, 1.54) is 6.92 Å². The molecule has 0 N–H and O–H groups in total. The molecule has 0 saturated carbocycles. The van der Waals surface area contributed by atoms with Gasteiger partial charge in [0, 0.05) is 0 Å². The molecule has 0 aromatic carbocycles. The summed E-state index contributed by atoms with van der Waals surface area (Å²) in [5, 5.41) is 0. The van der Waals surface area contributed by atoms with Gasteiger partial charge in [-0.05, 0) is 25.0 Å². The normalized spacial score (nSPS) is 15.6. The lowest BCUT2D eigenvalue weighted by atomic mass is 10.2. The van der Waals surface area contributed by atoms with Crippen molar-refractivity contribution >= 4 is 5.78 Å². The fourth-order valence-corrected chi connectivity index (χ4v) is 0.834. The highest BCUT2D eigenvalue weighted by Gasteiger charge is 2.08. The minimum atomic E-state index is 0.0647. The topological polar surface area (TPSA) is 21.4 Å². The van der Waals surface area contributed by atoms with E-state index in [4.69, 9.17) is 6.57 Å². The smallest absolute Gasteiger partial charge is 0.184 e. The molecule has 0 aromatic rings. The van der Waals surface area contributed by atoms with E-state index in [9.17, 15) is 4.79 Å². The monoisotopic (exact) mass is 133 g/mol. The molecule has 0 atom stereocenters. The van der Waals surface area contributed by atoms with Crippen molar-refractivity contribution in [3.05, 3.63) is 34.8 Å². The number of allylic oxidation sites excluding steroid dienone is 3. The number of nitrogens with zero attached hydrogens (tertiary/aromatic N) is 1. The van der Waals surface area contributed by atoms with Gasteiger partial charge in [-0.15, -0.1) is 0 Å². The fraction of sp³-hybridized carbons (Fsp3) is 0.250. The Morgan fingerprint density at radius 2 is 2.50 bits per heavy atom. The van der Waals surface area contributed by atoms with Crippen molar-refractivity contribution in [3.63, 3.8) is 0 Å². The van der Waals surface area contributed by atoms with Crippen LogP contribution in [0.25, 0.3) is 4.85 Å². The molecule has 0 amide bonds. The van der Waals surface area contributed by atoms with Gasteiger partial charge in [0.1, 0.15) is 0 Å². The third-order valence-electron chi connectivity index (χ3n) is 1.43. The van der Waals surface area contributed by atoms with Crippen LogP contribution in [0.4, 0.5) is 0 Å². The quantitative estimate of drug-likeness (QED) is 0.499. The summed E-state index contributed by atoms with van der Waals surface area (Å²) in [4.78, 5) is 13.9. The summed E-state index contributed by atoms with van der Waals surface area (Å²) in [6, 6.07) is 0. The van der Waals surface area contributed by atoms with Crippen molar-refractivity contribution in [2.24, 2.45) is 0 Å². The van der Waals surface area contributed by atoms with Gasteiger partial charge in [0.15, 0.2) is 11.5 Å². The summed E-state index contributed by atoms with van der Waals surface area (Å²) < 4.78 is 0. The molecule has 0 aliphatic heterocycles. The number of rotatable bonds is 1. The third-order valence-corrected chi connectivity index (χ3v) is 1.43. The largest absolute Gasteiger partial charge is 0.295 e. The van der Waals surface area contributed by atoms with Crippen LogP contribution in [0.15, 0.2) is 23.4 Å². The van der Waals surface area contributed by atoms with E-state index >= 15 is 0 Å². The van der Waals surface area contributed by atoms with Gasteiger partial charge < -0.3 is 0 Å². The summed E-state index contributed by atoms with van der Waals surface area (Å²) >= 11 is 0. The van der Waals surface area contributed by atoms with Gasteiger partial charge in [-0.1, -0.05) is 6.08 Å². The molecule has 0 bridgehead atoms. The van der Waals surface area contributed by atoms with Gasteiger partial charge in [-0.25, -0.2) is 4.85 Å². The molecule has 1 aliphatic carbocycles. The molecule has 1 rings (SSSR count). The molecule has 1 aliphatic rings. The van der Waals surface area contributed by atoms with Gasteiger partial charge in [-0.2, -0.15) is 0 Å². The van der Waals surface area contributed by atoms with Gasteiger partial charge in [0.2, 0.25) is 0 Å². The minimum absolute atomic E-state index is 0.0647. The first-order valence-electron chi connectivity index (χ1n) is 3.03. The van der Waals surface area contributed by atoms with Gasteiger partial charge >= 0.3 is 0 Å². The van der Waals surface area contributed by atoms with Crippen molar-refractivity contribution in [2.75, 3.05) is 0 Å². The number of ketones is 1. The van der Waals surface area contributed by atoms with Gasteiger partial charge in [-0.3, -0.25) is 4.79 Å². The average molecular weight is 133 g/mol. The van der Waals surface area contributed by atoms with E-state index in [1.54, 1.807) is 12.2 Å². The van der Waals surface area contributed by atoms with Crippen molar-refractivity contribution in [1.29, 1.82) is 0 Å². The predicted octanol–water partition coefficient (Wildman–Crippen LogP) is 1.71. The van der Waals surface area contributed by atoms with Crippen LogP contribution in [0.3, 0.4) is 0 Å². The molecule has 2 heteroatoms. The van der Waals surface area contributed by atoms with Crippen LogP contribution in [0.1, 0.15) is 13.3 Å². The maximum absolute atomic E-state index is 10.7. The Bertz CT molecular complexity index is 265. The molecule has 0 radical (unpaired) electrons. The SMILES string of the molecule is [C-]#[N+]C1=CCC(C(C)=O)=C1. The van der Waals surface area contributed by atoms with Gasteiger partial charge in [0.25, 0.3) is 0 Å². The van der Waals surface area contributed by atoms with Crippen LogP contribution < -0.4 is 0 Å². The van der Waals surface area contributed by atoms with Crippen molar-refractivity contribution < 1.29 is 4.79 Å². The highest BCUT2D eigenvalue weighted by atomic mass is 16.1. The maximum Gasteiger partial charge on any atom is 0.184 e. The van der Waals surface area contributed by atoms with Crippen molar-refractivity contribution in [3.8, 4) is 0 Å². The molecular formula is C8H7NO. The van der Waals surface area contributed by atoms with Crippen molar-refractivity contribution in [2.45, 2.75) is 13.3 Å². The zero-order valence-electron chi connectivity index (χ0n) is 5.72. The minimum Gasteiger partial charge on any atom is -0.295 e. The van der Waals surface area contributed by atoms with E-state index in [0.29, 0.717) is 12.1 Å². The Balaban J connectivity index is 2.78. The second-order valence-corrected chi connectivity index (χ2v) is 2.17. The van der Waals surface area contributed by atoms with Gasteiger partial charge in [0.05, 0.1) is 6.57 Å². The first-order valence-corrected chi connectivity index (χ1v) is 3.03. The second-order valence-electron chi connectivity index (χ2n) is 2.17. The molecule has 0 unspecified atom stereocenters. The summed E-state index contributed by atoms with van der Waals surface area (Å²) in [5.74, 6) is 0.0647. The van der Waals surface area contributed by atoms with Crippen molar-refractivity contribution in [1.82, 2.24) is 0 Å². The van der Waals surface area contributed by atoms with Crippen LogP contribution in [0, 0.1) is 6.57 Å². The molecular weight excluding hydrogens is 126 g/mol. The Morgan fingerprint density at radius 3 is 2.80 bits per heavy atom. The summed E-state index contributed by atoms with van der Waals surface area (Å²) in [7, 11) is 0. The number of Topliss-reactive ketones (excluding diaryl/α,β-unsaturated/α-hetero) is 1. The molecule has 0 heterocycles. The fourth-order valence-electron chi connectivity index (χ4n) is 0.834. The zero-order chi connectivity index (χ0) is 7.56. The summed E-state index contributed by atoms with van der Waals surface area (Å²) in [5.41, 5.74) is 1.33. The first-order chi connectivity index (χ1) is 4.74. The van der Waals surface area contributed by atoms with Crippen LogP contribution in [-0.4, -0.2) is 5.78 Å².